The normalized spacial score (nSPS) is 20.6. The van der Waals surface area contributed by atoms with Crippen molar-refractivity contribution in [3.05, 3.63) is 0 Å². The van der Waals surface area contributed by atoms with Gasteiger partial charge in [-0.2, -0.15) is 0 Å². The molecule has 0 spiro atoms. The van der Waals surface area contributed by atoms with Gasteiger partial charge in [-0.25, -0.2) is 12.7 Å². The van der Waals surface area contributed by atoms with E-state index in [1.165, 1.54) is 11.9 Å². The van der Waals surface area contributed by atoms with Crippen molar-refractivity contribution in [1.82, 2.24) is 14.1 Å². The van der Waals surface area contributed by atoms with Crippen LogP contribution in [0.5, 0.6) is 0 Å². The zero-order valence-electron chi connectivity index (χ0n) is 12.5. The Morgan fingerprint density at radius 2 is 2.00 bits per heavy atom. The number of nitrogens with zero attached hydrogens (tertiary/aromatic N) is 3. The second-order valence-corrected chi connectivity index (χ2v) is 7.10. The van der Waals surface area contributed by atoms with E-state index in [-0.39, 0.29) is 24.8 Å². The van der Waals surface area contributed by atoms with E-state index < -0.39 is 16.1 Å². The van der Waals surface area contributed by atoms with E-state index in [0.717, 1.165) is 10.6 Å². The average molecular weight is 305 g/mol. The first kappa shape index (κ1) is 16.9. The lowest BCUT2D eigenvalue weighted by Gasteiger charge is -2.38. The van der Waals surface area contributed by atoms with Crippen LogP contribution >= 0.6 is 0 Å². The Labute approximate surface area is 120 Å². The molecule has 0 aliphatic carbocycles. The number of piperazine rings is 1. The largest absolute Gasteiger partial charge is 0.339 e. The Bertz CT molecular complexity index is 477. The van der Waals surface area contributed by atoms with Gasteiger partial charge >= 0.3 is 0 Å². The van der Waals surface area contributed by atoms with Crippen molar-refractivity contribution in [2.24, 2.45) is 0 Å². The van der Waals surface area contributed by atoms with E-state index in [1.54, 1.807) is 11.8 Å². The van der Waals surface area contributed by atoms with E-state index in [1.807, 2.05) is 6.92 Å². The highest BCUT2D eigenvalue weighted by molar-refractivity contribution is 7.88. The van der Waals surface area contributed by atoms with Gasteiger partial charge in [0.2, 0.25) is 21.8 Å². The molecule has 0 bridgehead atoms. The Balaban J connectivity index is 2.59. The van der Waals surface area contributed by atoms with Gasteiger partial charge in [0.05, 0.1) is 6.26 Å². The van der Waals surface area contributed by atoms with Crippen molar-refractivity contribution < 1.29 is 18.0 Å². The summed E-state index contributed by atoms with van der Waals surface area (Å²) >= 11 is 0. The van der Waals surface area contributed by atoms with Gasteiger partial charge in [0.1, 0.15) is 6.04 Å². The van der Waals surface area contributed by atoms with Gasteiger partial charge in [-0.05, 0) is 13.8 Å². The number of hydrogen-bond donors (Lipinski definition) is 0. The third-order valence-electron chi connectivity index (χ3n) is 3.66. The van der Waals surface area contributed by atoms with Crippen molar-refractivity contribution in [1.29, 1.82) is 0 Å². The van der Waals surface area contributed by atoms with E-state index in [9.17, 15) is 18.0 Å². The smallest absolute Gasteiger partial charge is 0.245 e. The van der Waals surface area contributed by atoms with Crippen LogP contribution in [0.25, 0.3) is 0 Å². The molecule has 7 nitrogen and oxygen atoms in total. The lowest BCUT2D eigenvalue weighted by molar-refractivity contribution is -0.150. The molecule has 0 aromatic heterocycles. The van der Waals surface area contributed by atoms with Crippen LogP contribution in [-0.2, 0) is 19.6 Å². The summed E-state index contributed by atoms with van der Waals surface area (Å²) in [4.78, 5) is 27.4. The Morgan fingerprint density at radius 1 is 1.40 bits per heavy atom. The summed E-state index contributed by atoms with van der Waals surface area (Å²) in [5.74, 6) is -0.235. The fourth-order valence-electron chi connectivity index (χ4n) is 2.15. The molecule has 2 amide bonds. The number of likely N-dealkylation sites (N-methyl/N-ethyl adjacent to an activating group) is 1. The predicted octanol–water partition coefficient (Wildman–Crippen LogP) is -0.653. The molecular weight excluding hydrogens is 282 g/mol. The molecule has 1 fully saturated rings. The molecule has 1 rings (SSSR count). The number of carbonyl (C=O) groups is 2. The van der Waals surface area contributed by atoms with Crippen LogP contribution in [0, 0.1) is 0 Å². The minimum atomic E-state index is -3.28. The lowest BCUT2D eigenvalue weighted by Crippen LogP contribution is -2.57. The van der Waals surface area contributed by atoms with Crippen LogP contribution in [-0.4, -0.2) is 79.9 Å². The molecule has 116 valence electrons. The molecule has 8 heteroatoms. The summed E-state index contributed by atoms with van der Waals surface area (Å²) in [6.07, 6.45) is 1.19. The quantitative estimate of drug-likeness (QED) is 0.676. The van der Waals surface area contributed by atoms with Gasteiger partial charge < -0.3 is 9.80 Å². The molecule has 0 radical (unpaired) electrons. The first-order valence-electron chi connectivity index (χ1n) is 6.68. The number of hydrogen-bond acceptors (Lipinski definition) is 4. The first-order valence-corrected chi connectivity index (χ1v) is 8.52. The summed E-state index contributed by atoms with van der Waals surface area (Å²) in [6, 6.07) is -0.472. The van der Waals surface area contributed by atoms with Gasteiger partial charge in [-0.15, -0.1) is 0 Å². The molecule has 1 atom stereocenters. The zero-order valence-corrected chi connectivity index (χ0v) is 13.3. The summed E-state index contributed by atoms with van der Waals surface area (Å²) < 4.78 is 23.7. The lowest BCUT2D eigenvalue weighted by atomic mass is 10.1. The third kappa shape index (κ3) is 3.92. The van der Waals surface area contributed by atoms with E-state index in [0.29, 0.717) is 19.6 Å². The fraction of sp³-hybridized carbons (Fsp3) is 0.833. The van der Waals surface area contributed by atoms with Crippen LogP contribution < -0.4 is 0 Å². The van der Waals surface area contributed by atoms with Gasteiger partial charge in [0, 0.05) is 39.6 Å². The number of carbonyl (C=O) groups excluding carboxylic acids is 2. The Kier molecular flexibility index (Phi) is 5.52. The van der Waals surface area contributed by atoms with E-state index >= 15 is 0 Å². The van der Waals surface area contributed by atoms with Crippen molar-refractivity contribution in [3.8, 4) is 0 Å². The van der Waals surface area contributed by atoms with Crippen molar-refractivity contribution in [2.45, 2.75) is 26.3 Å². The summed E-state index contributed by atoms with van der Waals surface area (Å²) in [6.45, 7) is 5.43. The summed E-state index contributed by atoms with van der Waals surface area (Å²) in [5.41, 5.74) is 0. The maximum Gasteiger partial charge on any atom is 0.245 e. The molecule has 0 saturated carbocycles. The summed E-state index contributed by atoms with van der Waals surface area (Å²) in [5, 5.41) is 0. The van der Waals surface area contributed by atoms with E-state index in [4.69, 9.17) is 0 Å². The highest BCUT2D eigenvalue weighted by Crippen LogP contribution is 2.12. The van der Waals surface area contributed by atoms with Crippen LogP contribution in [0.3, 0.4) is 0 Å². The highest BCUT2D eigenvalue weighted by atomic mass is 32.2. The average Bonchev–Trinajstić information content (AvgIpc) is 2.37. The first-order chi connectivity index (χ1) is 9.18. The molecule has 1 heterocycles. The molecular formula is C12H23N3O4S. The minimum Gasteiger partial charge on any atom is -0.339 e. The standard InChI is InChI=1S/C12H23N3O4S/c1-5-14-8-9-15(10(2)12(14)17)11(16)6-7-13(3)20(4,18)19/h10H,5-9H2,1-4H3. The monoisotopic (exact) mass is 305 g/mol. The second-order valence-electron chi connectivity index (χ2n) is 5.02. The minimum absolute atomic E-state index is 0.0523. The van der Waals surface area contributed by atoms with Gasteiger partial charge in [-0.3, -0.25) is 9.59 Å². The molecule has 0 aromatic carbocycles. The molecule has 1 saturated heterocycles. The van der Waals surface area contributed by atoms with Crippen molar-refractivity contribution >= 4 is 21.8 Å². The maximum absolute atomic E-state index is 12.1. The van der Waals surface area contributed by atoms with Crippen LogP contribution in [0.1, 0.15) is 20.3 Å². The van der Waals surface area contributed by atoms with Crippen LogP contribution in [0.2, 0.25) is 0 Å². The van der Waals surface area contributed by atoms with Crippen LogP contribution in [0.4, 0.5) is 0 Å². The van der Waals surface area contributed by atoms with Gasteiger partial charge in [0.25, 0.3) is 0 Å². The molecule has 1 aliphatic rings. The Hall–Kier alpha value is -1.15. The van der Waals surface area contributed by atoms with E-state index in [2.05, 4.69) is 0 Å². The molecule has 1 unspecified atom stereocenters. The number of amides is 2. The predicted molar refractivity (Wildman–Crippen MR) is 75.5 cm³/mol. The highest BCUT2D eigenvalue weighted by Gasteiger charge is 2.33. The fourth-order valence-corrected chi connectivity index (χ4v) is 2.57. The molecule has 20 heavy (non-hydrogen) atoms. The number of sulfonamides is 1. The van der Waals surface area contributed by atoms with Gasteiger partial charge in [-0.1, -0.05) is 0 Å². The van der Waals surface area contributed by atoms with Crippen molar-refractivity contribution in [3.63, 3.8) is 0 Å². The van der Waals surface area contributed by atoms with Gasteiger partial charge in [0.15, 0.2) is 0 Å². The SMILES string of the molecule is CCN1CCN(C(=O)CCN(C)S(C)(=O)=O)C(C)C1=O. The maximum atomic E-state index is 12.1. The van der Waals surface area contributed by atoms with Crippen LogP contribution in [0.15, 0.2) is 0 Å². The van der Waals surface area contributed by atoms with Crippen molar-refractivity contribution in [2.75, 3.05) is 39.5 Å². The molecule has 0 N–H and O–H groups in total. The topological polar surface area (TPSA) is 78.0 Å². The Morgan fingerprint density at radius 3 is 2.50 bits per heavy atom. The zero-order chi connectivity index (χ0) is 15.5. The molecule has 0 aromatic rings. The number of rotatable bonds is 5. The third-order valence-corrected chi connectivity index (χ3v) is 4.97. The molecule has 1 aliphatic heterocycles. The summed E-state index contributed by atoms with van der Waals surface area (Å²) in [7, 11) is -1.84. The second kappa shape index (κ2) is 6.53.